The number of anilines is 1. The molecule has 0 aromatic carbocycles. The number of nitriles is 1. The van der Waals surface area contributed by atoms with Gasteiger partial charge >= 0.3 is 5.82 Å². The van der Waals surface area contributed by atoms with E-state index in [9.17, 15) is 5.26 Å². The zero-order chi connectivity index (χ0) is 16.8. The number of aromatic nitrogens is 3. The van der Waals surface area contributed by atoms with E-state index in [0.29, 0.717) is 12.4 Å². The second-order valence-electron chi connectivity index (χ2n) is 5.13. The number of pyridine rings is 1. The fraction of sp³-hybridized carbons (Fsp3) is 0.312. The average molecular weight is 321 g/mol. The topological polar surface area (TPSA) is 91.3 Å². The smallest absolute Gasteiger partial charge is 0.308 e. The largest absolute Gasteiger partial charge is 0.469 e. The van der Waals surface area contributed by atoms with Gasteiger partial charge in [0.05, 0.1) is 0 Å². The van der Waals surface area contributed by atoms with Crippen LogP contribution in [0.5, 0.6) is 5.88 Å². The Bertz CT molecular complexity index is 789. The van der Waals surface area contributed by atoms with Gasteiger partial charge in [0, 0.05) is 38.6 Å². The first-order valence-corrected chi connectivity index (χ1v) is 7.49. The van der Waals surface area contributed by atoms with Crippen LogP contribution < -0.4 is 15.0 Å². The quantitative estimate of drug-likeness (QED) is 0.848. The molecule has 3 rings (SSSR count). The van der Waals surface area contributed by atoms with Gasteiger partial charge in [-0.2, -0.15) is 5.26 Å². The second-order valence-corrected chi connectivity index (χ2v) is 5.13. The van der Waals surface area contributed by atoms with Crippen molar-refractivity contribution in [3.8, 4) is 11.9 Å². The molecule has 0 spiro atoms. The zero-order valence-electron chi connectivity index (χ0n) is 12.9. The predicted octanol–water partition coefficient (Wildman–Crippen LogP) is 1.28. The minimum atomic E-state index is -0.0198. The van der Waals surface area contributed by atoms with Crippen molar-refractivity contribution in [1.82, 2.24) is 20.3 Å². The monoisotopic (exact) mass is 321 g/mol. The highest BCUT2D eigenvalue weighted by molar-refractivity contribution is 5.59. The summed E-state index contributed by atoms with van der Waals surface area (Å²) in [5.41, 5.74) is 0.916. The molecular weight excluding hydrogens is 306 g/mol. The van der Waals surface area contributed by atoms with E-state index in [-0.39, 0.29) is 17.4 Å². The average Bonchev–Trinajstić information content (AvgIpc) is 2.67. The number of piperazine rings is 1. The molecule has 2 aromatic rings. The highest BCUT2D eigenvalue weighted by Gasteiger charge is 2.24. The van der Waals surface area contributed by atoms with Crippen LogP contribution >= 0.6 is 0 Å². The molecule has 120 valence electrons. The maximum Gasteiger partial charge on any atom is 0.308 e. The van der Waals surface area contributed by atoms with Crippen molar-refractivity contribution >= 4 is 11.6 Å². The summed E-state index contributed by atoms with van der Waals surface area (Å²) in [7, 11) is 0. The van der Waals surface area contributed by atoms with E-state index in [4.69, 9.17) is 11.3 Å². The number of ether oxygens (including phenoxy) is 1. The molecule has 1 aliphatic rings. The van der Waals surface area contributed by atoms with Crippen LogP contribution in [-0.2, 0) is 6.61 Å². The van der Waals surface area contributed by atoms with Crippen LogP contribution in [0.3, 0.4) is 0 Å². The summed E-state index contributed by atoms with van der Waals surface area (Å²) in [6.45, 7) is 10.6. The molecule has 1 saturated heterocycles. The van der Waals surface area contributed by atoms with Crippen molar-refractivity contribution < 1.29 is 4.74 Å². The lowest BCUT2D eigenvalue weighted by Gasteiger charge is -2.27. The molecule has 0 atom stereocenters. The lowest BCUT2D eigenvalue weighted by molar-refractivity contribution is 0.292. The standard InChI is InChI=1S/C16H15N7O/c1-18-14-13(10-17)21-16(24-11-12-2-4-19-5-3-12)15(22-14)23-8-6-20-7-9-23/h2-5,20H,6-9,11H2. The molecule has 1 N–H and O–H groups in total. The third kappa shape index (κ3) is 3.40. The Kier molecular flexibility index (Phi) is 4.80. The van der Waals surface area contributed by atoms with Crippen molar-refractivity contribution in [2.75, 3.05) is 31.1 Å². The molecule has 8 nitrogen and oxygen atoms in total. The minimum Gasteiger partial charge on any atom is -0.469 e. The van der Waals surface area contributed by atoms with E-state index in [0.717, 1.165) is 31.7 Å². The molecular formula is C16H15N7O. The third-order valence-corrected chi connectivity index (χ3v) is 3.58. The summed E-state index contributed by atoms with van der Waals surface area (Å²) in [4.78, 5) is 17.8. The summed E-state index contributed by atoms with van der Waals surface area (Å²) in [6, 6.07) is 5.59. The van der Waals surface area contributed by atoms with E-state index < -0.39 is 0 Å². The van der Waals surface area contributed by atoms with Gasteiger partial charge in [-0.15, -0.1) is 0 Å². The third-order valence-electron chi connectivity index (χ3n) is 3.58. The Hall–Kier alpha value is -3.23. The summed E-state index contributed by atoms with van der Waals surface area (Å²) >= 11 is 0. The summed E-state index contributed by atoms with van der Waals surface area (Å²) in [5.74, 6) is 0.788. The molecule has 0 radical (unpaired) electrons. The van der Waals surface area contributed by atoms with Crippen LogP contribution in [0, 0.1) is 17.9 Å². The number of nitrogens with one attached hydrogen (secondary N) is 1. The molecule has 3 heterocycles. The van der Waals surface area contributed by atoms with Crippen molar-refractivity contribution in [2.45, 2.75) is 6.61 Å². The molecule has 0 unspecified atom stereocenters. The molecule has 0 amide bonds. The first kappa shape index (κ1) is 15.7. The van der Waals surface area contributed by atoms with Crippen LogP contribution in [0.1, 0.15) is 11.3 Å². The second kappa shape index (κ2) is 7.36. The predicted molar refractivity (Wildman–Crippen MR) is 86.7 cm³/mol. The van der Waals surface area contributed by atoms with E-state index in [1.165, 1.54) is 0 Å². The highest BCUT2D eigenvalue weighted by atomic mass is 16.5. The Morgan fingerprint density at radius 3 is 2.71 bits per heavy atom. The summed E-state index contributed by atoms with van der Waals surface area (Å²) in [5, 5.41) is 12.4. The molecule has 0 saturated carbocycles. The van der Waals surface area contributed by atoms with E-state index in [1.54, 1.807) is 12.4 Å². The van der Waals surface area contributed by atoms with E-state index >= 15 is 0 Å². The first-order valence-electron chi connectivity index (χ1n) is 7.49. The lowest BCUT2D eigenvalue weighted by atomic mass is 10.3. The maximum atomic E-state index is 9.18. The summed E-state index contributed by atoms with van der Waals surface area (Å²) in [6.07, 6.45) is 3.37. The first-order chi connectivity index (χ1) is 11.8. The van der Waals surface area contributed by atoms with Gasteiger partial charge in [0.25, 0.3) is 11.7 Å². The van der Waals surface area contributed by atoms with Crippen LogP contribution in [0.25, 0.3) is 4.85 Å². The van der Waals surface area contributed by atoms with Gasteiger partial charge in [-0.3, -0.25) is 4.98 Å². The van der Waals surface area contributed by atoms with Gasteiger partial charge in [-0.25, -0.2) is 4.98 Å². The lowest BCUT2D eigenvalue weighted by Crippen LogP contribution is -2.44. The zero-order valence-corrected chi connectivity index (χ0v) is 12.9. The molecule has 8 heteroatoms. The van der Waals surface area contributed by atoms with E-state index in [2.05, 4.69) is 25.1 Å². The Morgan fingerprint density at radius 2 is 2.04 bits per heavy atom. The normalized spacial score (nSPS) is 13.8. The number of hydrogen-bond acceptors (Lipinski definition) is 7. The number of nitrogens with zero attached hydrogens (tertiary/aromatic N) is 6. The highest BCUT2D eigenvalue weighted by Crippen LogP contribution is 2.29. The SMILES string of the molecule is [C-]#[N+]c1nc(N2CCNCC2)c(OCc2ccncc2)nc1C#N. The maximum absolute atomic E-state index is 9.18. The van der Waals surface area contributed by atoms with Crippen LogP contribution in [-0.4, -0.2) is 41.1 Å². The van der Waals surface area contributed by atoms with Crippen LogP contribution in [0.4, 0.5) is 11.6 Å². The van der Waals surface area contributed by atoms with Gasteiger partial charge in [0.1, 0.15) is 12.7 Å². The molecule has 1 fully saturated rings. The number of rotatable bonds is 4. The Morgan fingerprint density at radius 1 is 1.29 bits per heavy atom. The Labute approximate surface area is 139 Å². The minimum absolute atomic E-state index is 0.00212. The van der Waals surface area contributed by atoms with Crippen molar-refractivity contribution in [1.29, 1.82) is 5.26 Å². The number of hydrogen-bond donors (Lipinski definition) is 1. The van der Waals surface area contributed by atoms with Crippen molar-refractivity contribution in [2.24, 2.45) is 0 Å². The van der Waals surface area contributed by atoms with Crippen LogP contribution in [0.15, 0.2) is 24.5 Å². The van der Waals surface area contributed by atoms with Gasteiger partial charge < -0.3 is 19.8 Å². The molecule has 24 heavy (non-hydrogen) atoms. The van der Waals surface area contributed by atoms with Gasteiger partial charge in [-0.1, -0.05) is 11.6 Å². The molecule has 0 bridgehead atoms. The molecule has 1 aliphatic heterocycles. The Balaban J connectivity index is 1.92. The summed E-state index contributed by atoms with van der Waals surface area (Å²) < 4.78 is 5.80. The van der Waals surface area contributed by atoms with Gasteiger partial charge in [0.2, 0.25) is 0 Å². The molecule has 0 aliphatic carbocycles. The van der Waals surface area contributed by atoms with E-state index in [1.807, 2.05) is 23.1 Å². The van der Waals surface area contributed by atoms with Gasteiger partial charge in [0.15, 0.2) is 5.69 Å². The van der Waals surface area contributed by atoms with Crippen molar-refractivity contribution in [3.63, 3.8) is 0 Å². The molecule has 2 aromatic heterocycles. The van der Waals surface area contributed by atoms with Gasteiger partial charge in [-0.05, 0) is 17.7 Å². The fourth-order valence-electron chi connectivity index (χ4n) is 2.37. The van der Waals surface area contributed by atoms with Crippen molar-refractivity contribution in [3.05, 3.63) is 47.2 Å². The fourth-order valence-corrected chi connectivity index (χ4v) is 2.37. The van der Waals surface area contributed by atoms with Crippen LogP contribution in [0.2, 0.25) is 0 Å².